The first-order valence-corrected chi connectivity index (χ1v) is 9.20. The summed E-state index contributed by atoms with van der Waals surface area (Å²) in [5.41, 5.74) is 3.03. The standard InChI is InChI=1S/C19H18FN3O2S/c1-12-3-7-15(8-4-12)21-17(24)10-26-11-18-22-19(23-25-18)14-6-5-13(2)16(20)9-14/h3-9H,10-11H2,1-2H3,(H,21,24). The number of thioether (sulfide) groups is 1. The van der Waals surface area contributed by atoms with E-state index in [0.717, 1.165) is 11.3 Å². The maximum Gasteiger partial charge on any atom is 0.236 e. The molecule has 0 spiro atoms. The number of nitrogens with one attached hydrogen (secondary N) is 1. The van der Waals surface area contributed by atoms with Crippen LogP contribution in [0.2, 0.25) is 0 Å². The molecule has 0 bridgehead atoms. The van der Waals surface area contributed by atoms with Crippen molar-refractivity contribution in [2.45, 2.75) is 19.6 Å². The summed E-state index contributed by atoms with van der Waals surface area (Å²) in [5, 5.41) is 6.69. The van der Waals surface area contributed by atoms with E-state index in [1.54, 1.807) is 19.1 Å². The fraction of sp³-hybridized carbons (Fsp3) is 0.211. The van der Waals surface area contributed by atoms with Crippen LogP contribution in [0.5, 0.6) is 0 Å². The van der Waals surface area contributed by atoms with E-state index in [9.17, 15) is 9.18 Å². The van der Waals surface area contributed by atoms with Crippen molar-refractivity contribution < 1.29 is 13.7 Å². The maximum atomic E-state index is 13.6. The first-order valence-electron chi connectivity index (χ1n) is 8.04. The van der Waals surface area contributed by atoms with Gasteiger partial charge in [0, 0.05) is 11.3 Å². The van der Waals surface area contributed by atoms with Crippen LogP contribution in [0.15, 0.2) is 47.0 Å². The molecule has 0 atom stereocenters. The van der Waals surface area contributed by atoms with Gasteiger partial charge in [-0.15, -0.1) is 11.8 Å². The number of halogens is 1. The van der Waals surface area contributed by atoms with Crippen molar-refractivity contribution in [1.82, 2.24) is 10.1 Å². The number of rotatable bonds is 6. The van der Waals surface area contributed by atoms with Crippen molar-refractivity contribution in [3.63, 3.8) is 0 Å². The fourth-order valence-corrected chi connectivity index (χ4v) is 2.88. The molecular weight excluding hydrogens is 353 g/mol. The Labute approximate surface area is 155 Å². The summed E-state index contributed by atoms with van der Waals surface area (Å²) in [6.45, 7) is 3.68. The molecule has 0 aliphatic rings. The molecule has 0 saturated heterocycles. The van der Waals surface area contributed by atoms with Crippen LogP contribution in [0.4, 0.5) is 10.1 Å². The van der Waals surface area contributed by atoms with Crippen LogP contribution in [-0.4, -0.2) is 21.8 Å². The lowest BCUT2D eigenvalue weighted by Crippen LogP contribution is -2.14. The Kier molecular flexibility index (Phi) is 5.68. The monoisotopic (exact) mass is 371 g/mol. The zero-order valence-electron chi connectivity index (χ0n) is 14.5. The van der Waals surface area contributed by atoms with Gasteiger partial charge in [0.05, 0.1) is 11.5 Å². The van der Waals surface area contributed by atoms with Crippen molar-refractivity contribution in [1.29, 1.82) is 0 Å². The average molecular weight is 371 g/mol. The van der Waals surface area contributed by atoms with E-state index in [4.69, 9.17) is 4.52 Å². The number of amides is 1. The number of aryl methyl sites for hydroxylation is 2. The van der Waals surface area contributed by atoms with E-state index < -0.39 is 0 Å². The van der Waals surface area contributed by atoms with Gasteiger partial charge < -0.3 is 9.84 Å². The highest BCUT2D eigenvalue weighted by Gasteiger charge is 2.11. The van der Waals surface area contributed by atoms with Crippen LogP contribution in [-0.2, 0) is 10.5 Å². The molecular formula is C19H18FN3O2S. The van der Waals surface area contributed by atoms with Crippen LogP contribution in [0.1, 0.15) is 17.0 Å². The quantitative estimate of drug-likeness (QED) is 0.697. The summed E-state index contributed by atoms with van der Waals surface area (Å²) in [4.78, 5) is 16.2. The Morgan fingerprint density at radius 3 is 2.69 bits per heavy atom. The number of carbonyl (C=O) groups excluding carboxylic acids is 1. The molecule has 0 fully saturated rings. The van der Waals surface area contributed by atoms with Crippen LogP contribution in [0.3, 0.4) is 0 Å². The molecule has 5 nitrogen and oxygen atoms in total. The Balaban J connectivity index is 1.51. The topological polar surface area (TPSA) is 68.0 Å². The molecule has 0 aliphatic carbocycles. The lowest BCUT2D eigenvalue weighted by atomic mass is 10.1. The predicted octanol–water partition coefficient (Wildman–Crippen LogP) is 4.36. The second kappa shape index (κ2) is 8.14. The van der Waals surface area contributed by atoms with Gasteiger partial charge in [-0.3, -0.25) is 4.79 Å². The molecule has 0 aliphatic heterocycles. The number of anilines is 1. The largest absolute Gasteiger partial charge is 0.338 e. The normalized spacial score (nSPS) is 10.7. The van der Waals surface area contributed by atoms with Gasteiger partial charge in [-0.2, -0.15) is 4.98 Å². The number of benzene rings is 2. The van der Waals surface area contributed by atoms with Gasteiger partial charge in [0.1, 0.15) is 5.82 Å². The molecule has 0 radical (unpaired) electrons. The Morgan fingerprint density at radius 2 is 1.96 bits per heavy atom. The molecule has 1 N–H and O–H groups in total. The van der Waals surface area contributed by atoms with Crippen molar-refractivity contribution in [3.05, 3.63) is 65.3 Å². The van der Waals surface area contributed by atoms with Crippen LogP contribution < -0.4 is 5.32 Å². The summed E-state index contributed by atoms with van der Waals surface area (Å²) in [5.74, 6) is 1.00. The number of nitrogens with zero attached hydrogens (tertiary/aromatic N) is 2. The van der Waals surface area contributed by atoms with E-state index in [0.29, 0.717) is 28.6 Å². The lowest BCUT2D eigenvalue weighted by Gasteiger charge is -2.04. The van der Waals surface area contributed by atoms with Gasteiger partial charge in [-0.1, -0.05) is 35.0 Å². The van der Waals surface area contributed by atoms with E-state index in [2.05, 4.69) is 15.5 Å². The molecule has 134 valence electrons. The summed E-state index contributed by atoms with van der Waals surface area (Å²) in [6.07, 6.45) is 0. The van der Waals surface area contributed by atoms with Gasteiger partial charge in [-0.25, -0.2) is 4.39 Å². The van der Waals surface area contributed by atoms with Gasteiger partial charge in [0.25, 0.3) is 0 Å². The van der Waals surface area contributed by atoms with E-state index >= 15 is 0 Å². The number of hydrogen-bond acceptors (Lipinski definition) is 5. The van der Waals surface area contributed by atoms with Gasteiger partial charge >= 0.3 is 0 Å². The summed E-state index contributed by atoms with van der Waals surface area (Å²) in [7, 11) is 0. The first kappa shape index (κ1) is 18.1. The van der Waals surface area contributed by atoms with Crippen molar-refractivity contribution in [2.75, 3.05) is 11.1 Å². The minimum atomic E-state index is -0.309. The Bertz CT molecular complexity index is 909. The smallest absolute Gasteiger partial charge is 0.236 e. The molecule has 7 heteroatoms. The predicted molar refractivity (Wildman–Crippen MR) is 100 cm³/mol. The summed E-state index contributed by atoms with van der Waals surface area (Å²) in [6, 6.07) is 12.4. The molecule has 26 heavy (non-hydrogen) atoms. The van der Waals surface area contributed by atoms with Gasteiger partial charge in [0.2, 0.25) is 17.6 Å². The first-order chi connectivity index (χ1) is 12.5. The highest BCUT2D eigenvalue weighted by molar-refractivity contribution is 7.99. The highest BCUT2D eigenvalue weighted by atomic mass is 32.2. The third kappa shape index (κ3) is 4.70. The maximum absolute atomic E-state index is 13.6. The summed E-state index contributed by atoms with van der Waals surface area (Å²) >= 11 is 1.37. The van der Waals surface area contributed by atoms with E-state index in [1.165, 1.54) is 17.8 Å². The molecule has 2 aromatic carbocycles. The minimum Gasteiger partial charge on any atom is -0.338 e. The second-order valence-electron chi connectivity index (χ2n) is 5.88. The van der Waals surface area contributed by atoms with Crippen molar-refractivity contribution in [3.8, 4) is 11.4 Å². The number of carbonyl (C=O) groups is 1. The zero-order chi connectivity index (χ0) is 18.5. The SMILES string of the molecule is Cc1ccc(NC(=O)CSCc2nc(-c3ccc(C)c(F)c3)no2)cc1. The van der Waals surface area contributed by atoms with Crippen LogP contribution >= 0.6 is 11.8 Å². The van der Waals surface area contributed by atoms with Gasteiger partial charge in [-0.05, 0) is 37.6 Å². The van der Waals surface area contributed by atoms with Crippen LogP contribution in [0, 0.1) is 19.7 Å². The minimum absolute atomic E-state index is 0.0980. The molecule has 0 saturated carbocycles. The Morgan fingerprint density at radius 1 is 1.19 bits per heavy atom. The third-order valence-corrected chi connectivity index (χ3v) is 4.61. The molecule has 1 heterocycles. The number of hydrogen-bond donors (Lipinski definition) is 1. The molecule has 1 amide bonds. The molecule has 1 aromatic heterocycles. The van der Waals surface area contributed by atoms with Crippen molar-refractivity contribution in [2.24, 2.45) is 0 Å². The lowest BCUT2D eigenvalue weighted by molar-refractivity contribution is -0.113. The van der Waals surface area contributed by atoms with E-state index in [1.807, 2.05) is 31.2 Å². The van der Waals surface area contributed by atoms with Crippen molar-refractivity contribution >= 4 is 23.4 Å². The zero-order valence-corrected chi connectivity index (χ0v) is 15.3. The Hall–Kier alpha value is -2.67. The van der Waals surface area contributed by atoms with Crippen LogP contribution in [0.25, 0.3) is 11.4 Å². The van der Waals surface area contributed by atoms with E-state index in [-0.39, 0.29) is 17.5 Å². The molecule has 3 aromatic rings. The van der Waals surface area contributed by atoms with Gasteiger partial charge in [0.15, 0.2) is 0 Å². The highest BCUT2D eigenvalue weighted by Crippen LogP contribution is 2.20. The third-order valence-electron chi connectivity index (χ3n) is 3.69. The molecule has 3 rings (SSSR count). The summed E-state index contributed by atoms with van der Waals surface area (Å²) < 4.78 is 18.8. The second-order valence-corrected chi connectivity index (χ2v) is 6.87. The average Bonchev–Trinajstić information content (AvgIpc) is 3.08. The molecule has 0 unspecified atom stereocenters. The number of aromatic nitrogens is 2. The fourth-order valence-electron chi connectivity index (χ4n) is 2.23.